The highest BCUT2D eigenvalue weighted by molar-refractivity contribution is 7.81. The SMILES string of the molecule is CCCC[C@H](NCC(=O)[C@H](Cc1ccc(OS(=O)(=O)O)cc1)NCC(=O)CCCCCCCCCCCCCCCCC(=O)O)C(=O)N(C)[C@H](CC(=O)O)C(=O)N(C)[C@@H](Cc1ccccc1)C(N)=O. The highest BCUT2D eigenvalue weighted by Crippen LogP contribution is 2.19. The van der Waals surface area contributed by atoms with Crippen molar-refractivity contribution in [2.45, 2.75) is 172 Å². The van der Waals surface area contributed by atoms with Gasteiger partial charge in [0.1, 0.15) is 23.6 Å². The van der Waals surface area contributed by atoms with E-state index in [1.54, 1.807) is 30.3 Å². The van der Waals surface area contributed by atoms with Crippen molar-refractivity contribution in [2.75, 3.05) is 27.2 Å². The maximum absolute atomic E-state index is 14.2. The zero-order valence-corrected chi connectivity index (χ0v) is 41.6. The van der Waals surface area contributed by atoms with Crippen LogP contribution < -0.4 is 20.6 Å². The van der Waals surface area contributed by atoms with Crippen molar-refractivity contribution in [3.8, 4) is 5.75 Å². The van der Waals surface area contributed by atoms with Crippen LogP contribution in [0.25, 0.3) is 0 Å². The van der Waals surface area contributed by atoms with Crippen molar-refractivity contribution in [2.24, 2.45) is 5.73 Å². The Morgan fingerprint density at radius 1 is 0.609 bits per heavy atom. The number of carbonyl (C=O) groups is 7. The molecule has 69 heavy (non-hydrogen) atoms. The van der Waals surface area contributed by atoms with E-state index in [-0.39, 0.29) is 50.3 Å². The predicted octanol–water partition coefficient (Wildman–Crippen LogP) is 5.84. The van der Waals surface area contributed by atoms with Crippen molar-refractivity contribution in [1.82, 2.24) is 20.4 Å². The molecule has 0 aliphatic carbocycles. The first-order valence-corrected chi connectivity index (χ1v) is 25.8. The molecule has 0 unspecified atom stereocenters. The van der Waals surface area contributed by atoms with Crippen LogP contribution in [0.15, 0.2) is 54.6 Å². The standard InChI is InChI=1S/C50H77N5O13S/c1-4-5-26-41(49(63)55(3)44(34-47(60)61)50(64)54(2)43(48(51)62)33-37-23-19-18-20-24-37)53-36-45(57)42(32-38-28-30-40(31-29-38)68-69(65,66)67)52-35-39(56)25-21-16-14-12-10-8-6-7-9-11-13-15-17-22-27-46(58)59/h18-20,23-24,28-31,41-44,52-53H,4-17,21-22,25-27,32-36H2,1-3H3,(H2,51,62)(H,58,59)(H,60,61)(H,65,66,67)/t41-,42-,43-,44+/m0/s1. The fourth-order valence-corrected chi connectivity index (χ4v) is 8.41. The minimum absolute atomic E-state index is 0.0620. The van der Waals surface area contributed by atoms with Crippen molar-refractivity contribution in [3.63, 3.8) is 0 Å². The Morgan fingerprint density at radius 3 is 1.59 bits per heavy atom. The fourth-order valence-electron chi connectivity index (χ4n) is 8.06. The molecule has 0 bridgehead atoms. The number of likely N-dealkylation sites (N-methyl/N-ethyl adjacent to an activating group) is 2. The number of primary amides is 1. The number of carbonyl (C=O) groups excluding carboxylic acids is 5. The average molecular weight is 988 g/mol. The second-order valence-electron chi connectivity index (χ2n) is 17.8. The molecule has 0 aromatic heterocycles. The number of rotatable bonds is 40. The third-order valence-electron chi connectivity index (χ3n) is 12.1. The van der Waals surface area contributed by atoms with Crippen LogP contribution in [0.5, 0.6) is 5.75 Å². The number of hydrogen-bond acceptors (Lipinski definition) is 12. The summed E-state index contributed by atoms with van der Waals surface area (Å²) in [5, 5.41) is 24.6. The molecule has 0 spiro atoms. The van der Waals surface area contributed by atoms with Crippen LogP contribution in [0.4, 0.5) is 0 Å². The number of nitrogens with zero attached hydrogens (tertiary/aromatic N) is 2. The number of carboxylic acids is 2. The normalized spacial score (nSPS) is 13.2. The zero-order valence-electron chi connectivity index (χ0n) is 40.8. The van der Waals surface area contributed by atoms with Gasteiger partial charge in [0.05, 0.1) is 31.6 Å². The van der Waals surface area contributed by atoms with Crippen LogP contribution in [0.3, 0.4) is 0 Å². The number of nitrogens with one attached hydrogen (secondary N) is 2. The molecule has 19 heteroatoms. The van der Waals surface area contributed by atoms with Gasteiger partial charge in [-0.1, -0.05) is 139 Å². The van der Waals surface area contributed by atoms with Crippen LogP contribution in [0.2, 0.25) is 0 Å². The quantitative estimate of drug-likeness (QED) is 0.0338. The second-order valence-corrected chi connectivity index (χ2v) is 18.9. The van der Waals surface area contributed by atoms with E-state index in [2.05, 4.69) is 14.8 Å². The van der Waals surface area contributed by atoms with E-state index in [0.29, 0.717) is 36.8 Å². The Morgan fingerprint density at radius 2 is 1.10 bits per heavy atom. The fraction of sp³-hybridized carbons (Fsp3) is 0.620. The zero-order chi connectivity index (χ0) is 51.2. The summed E-state index contributed by atoms with van der Waals surface area (Å²) in [6.45, 7) is 1.46. The summed E-state index contributed by atoms with van der Waals surface area (Å²) in [5.74, 6) is -5.00. The molecule has 2 rings (SSSR count). The second kappa shape index (κ2) is 33.3. The van der Waals surface area contributed by atoms with Gasteiger partial charge in [-0.2, -0.15) is 8.42 Å². The minimum Gasteiger partial charge on any atom is -0.481 e. The summed E-state index contributed by atoms with van der Waals surface area (Å²) in [5.41, 5.74) is 6.99. The van der Waals surface area contributed by atoms with Crippen molar-refractivity contribution in [1.29, 1.82) is 0 Å². The lowest BCUT2D eigenvalue weighted by molar-refractivity contribution is -0.152. The Labute approximate surface area is 408 Å². The number of ketones is 2. The van der Waals surface area contributed by atoms with E-state index in [0.717, 1.165) is 61.2 Å². The molecule has 0 aliphatic rings. The number of benzene rings is 2. The molecular formula is C50H77N5O13S. The number of amides is 3. The molecule has 2 aromatic carbocycles. The van der Waals surface area contributed by atoms with Crippen LogP contribution in [-0.2, 0) is 56.8 Å². The topological polar surface area (TPSA) is 280 Å². The first kappa shape index (κ1) is 59.9. The lowest BCUT2D eigenvalue weighted by atomic mass is 10.00. The van der Waals surface area contributed by atoms with Crippen molar-refractivity contribution < 1.29 is 60.9 Å². The number of carboxylic acid groups (broad SMARTS) is 2. The number of unbranched alkanes of at least 4 members (excludes halogenated alkanes) is 14. The molecular weight excluding hydrogens is 911 g/mol. The first-order chi connectivity index (χ1) is 32.8. The monoisotopic (exact) mass is 988 g/mol. The lowest BCUT2D eigenvalue weighted by Gasteiger charge is -2.35. The van der Waals surface area contributed by atoms with Gasteiger partial charge in [-0.3, -0.25) is 43.4 Å². The molecule has 0 aliphatic heterocycles. The van der Waals surface area contributed by atoms with E-state index in [9.17, 15) is 47.1 Å². The number of aliphatic carboxylic acids is 2. The Balaban J connectivity index is 2.05. The Bertz CT molecular complexity index is 2000. The van der Waals surface area contributed by atoms with Gasteiger partial charge in [-0.15, -0.1) is 0 Å². The number of nitrogens with two attached hydrogens (primary N) is 1. The summed E-state index contributed by atoms with van der Waals surface area (Å²) in [4.78, 5) is 92.5. The summed E-state index contributed by atoms with van der Waals surface area (Å²) in [6.07, 6.45) is 16.1. The smallest absolute Gasteiger partial charge is 0.446 e. The van der Waals surface area contributed by atoms with Crippen molar-refractivity contribution in [3.05, 3.63) is 65.7 Å². The molecule has 18 nitrogen and oxygen atoms in total. The molecule has 0 heterocycles. The highest BCUT2D eigenvalue weighted by Gasteiger charge is 2.37. The molecule has 0 radical (unpaired) electrons. The third-order valence-corrected chi connectivity index (χ3v) is 12.5. The van der Waals surface area contributed by atoms with Gasteiger partial charge in [0.25, 0.3) is 0 Å². The third kappa shape index (κ3) is 25.8. The van der Waals surface area contributed by atoms with Crippen LogP contribution in [-0.4, -0.2) is 126 Å². The van der Waals surface area contributed by atoms with Gasteiger partial charge in [0, 0.05) is 33.4 Å². The molecule has 2 aromatic rings. The Kier molecular flexibility index (Phi) is 28.9. The molecule has 386 valence electrons. The van der Waals surface area contributed by atoms with E-state index < -0.39 is 76.4 Å². The summed E-state index contributed by atoms with van der Waals surface area (Å²) in [6, 6.07) is 9.84. The van der Waals surface area contributed by atoms with Gasteiger partial charge in [0.2, 0.25) is 17.7 Å². The predicted molar refractivity (Wildman–Crippen MR) is 262 cm³/mol. The molecule has 0 fully saturated rings. The van der Waals surface area contributed by atoms with Gasteiger partial charge in [-0.25, -0.2) is 0 Å². The van der Waals surface area contributed by atoms with E-state index in [4.69, 9.17) is 15.4 Å². The van der Waals surface area contributed by atoms with Gasteiger partial charge < -0.3 is 35.2 Å². The summed E-state index contributed by atoms with van der Waals surface area (Å²) in [7, 11) is -2.14. The molecule has 0 saturated heterocycles. The maximum atomic E-state index is 14.2. The molecule has 4 atom stereocenters. The van der Waals surface area contributed by atoms with Crippen LogP contribution in [0, 0.1) is 0 Å². The number of hydrogen-bond donors (Lipinski definition) is 6. The van der Waals surface area contributed by atoms with Crippen molar-refractivity contribution >= 4 is 51.6 Å². The maximum Gasteiger partial charge on any atom is 0.446 e. The summed E-state index contributed by atoms with van der Waals surface area (Å²) >= 11 is 0. The van der Waals surface area contributed by atoms with E-state index in [1.165, 1.54) is 70.5 Å². The highest BCUT2D eigenvalue weighted by atomic mass is 32.3. The number of Topliss-reactive ketones (excluding diaryl/α,β-unsaturated/α-hetero) is 2. The molecule has 7 N–H and O–H groups in total. The molecule has 3 amide bonds. The van der Waals surface area contributed by atoms with E-state index >= 15 is 0 Å². The largest absolute Gasteiger partial charge is 0.481 e. The minimum atomic E-state index is -4.77. The van der Waals surface area contributed by atoms with Gasteiger partial charge in [-0.05, 0) is 48.9 Å². The average Bonchev–Trinajstić information content (AvgIpc) is 3.30. The van der Waals surface area contributed by atoms with Gasteiger partial charge in [0.15, 0.2) is 5.78 Å². The van der Waals surface area contributed by atoms with Crippen LogP contribution in [0.1, 0.15) is 146 Å². The van der Waals surface area contributed by atoms with E-state index in [1.807, 2.05) is 6.92 Å². The summed E-state index contributed by atoms with van der Waals surface area (Å²) < 4.78 is 36.0. The van der Waals surface area contributed by atoms with Gasteiger partial charge >= 0.3 is 22.3 Å². The Hall–Kier alpha value is -5.24. The van der Waals surface area contributed by atoms with Crippen LogP contribution >= 0.6 is 0 Å². The lowest BCUT2D eigenvalue weighted by Crippen LogP contribution is -2.58. The molecule has 0 saturated carbocycles. The first-order valence-electron chi connectivity index (χ1n) is 24.4.